The van der Waals surface area contributed by atoms with E-state index in [0.29, 0.717) is 21.0 Å². The van der Waals surface area contributed by atoms with Gasteiger partial charge in [0.1, 0.15) is 0 Å². The SMILES string of the molecule is CCCn1c(=NC(=O)c2ccc(C(C)=O)cc2)sc2cc(Cl)ccc21. The highest BCUT2D eigenvalue weighted by Crippen LogP contribution is 2.22. The highest BCUT2D eigenvalue weighted by atomic mass is 35.5. The molecule has 1 amide bonds. The maximum Gasteiger partial charge on any atom is 0.279 e. The number of carbonyl (C=O) groups is 2. The number of nitrogens with zero attached hydrogens (tertiary/aromatic N) is 2. The van der Waals surface area contributed by atoms with Crippen molar-refractivity contribution in [2.45, 2.75) is 26.8 Å². The van der Waals surface area contributed by atoms with Gasteiger partial charge in [0.2, 0.25) is 0 Å². The summed E-state index contributed by atoms with van der Waals surface area (Å²) in [5.41, 5.74) is 2.06. The highest BCUT2D eigenvalue weighted by molar-refractivity contribution is 7.16. The van der Waals surface area contributed by atoms with Crippen LogP contribution in [-0.4, -0.2) is 16.3 Å². The van der Waals surface area contributed by atoms with Crippen LogP contribution in [0.3, 0.4) is 0 Å². The predicted molar refractivity (Wildman–Crippen MR) is 101 cm³/mol. The second-order valence-electron chi connectivity index (χ2n) is 5.70. The number of amides is 1. The predicted octanol–water partition coefficient (Wildman–Crippen LogP) is 4.71. The first-order valence-electron chi connectivity index (χ1n) is 7.98. The highest BCUT2D eigenvalue weighted by Gasteiger charge is 2.10. The summed E-state index contributed by atoms with van der Waals surface area (Å²) in [6.45, 7) is 4.35. The standard InChI is InChI=1S/C19H17ClN2O2S/c1-3-10-22-16-9-8-15(20)11-17(16)25-19(22)21-18(24)14-6-4-13(5-7-14)12(2)23/h4-9,11H,3,10H2,1-2H3. The Labute approximate surface area is 154 Å². The molecule has 2 aromatic carbocycles. The number of fused-ring (bicyclic) bond motifs is 1. The van der Waals surface area contributed by atoms with Crippen LogP contribution in [0.5, 0.6) is 0 Å². The van der Waals surface area contributed by atoms with Crippen molar-refractivity contribution in [2.75, 3.05) is 0 Å². The average molecular weight is 373 g/mol. The Hall–Kier alpha value is -2.24. The summed E-state index contributed by atoms with van der Waals surface area (Å²) in [6, 6.07) is 12.3. The van der Waals surface area contributed by atoms with Crippen LogP contribution in [0.2, 0.25) is 5.02 Å². The van der Waals surface area contributed by atoms with E-state index in [4.69, 9.17) is 11.6 Å². The van der Waals surface area contributed by atoms with Gasteiger partial charge in [-0.15, -0.1) is 0 Å². The van der Waals surface area contributed by atoms with Crippen LogP contribution in [0.25, 0.3) is 10.2 Å². The van der Waals surface area contributed by atoms with E-state index >= 15 is 0 Å². The van der Waals surface area contributed by atoms with Crippen molar-refractivity contribution in [3.8, 4) is 0 Å². The molecule has 4 nitrogen and oxygen atoms in total. The Morgan fingerprint density at radius 2 is 1.80 bits per heavy atom. The van der Waals surface area contributed by atoms with E-state index in [2.05, 4.69) is 11.9 Å². The molecule has 128 valence electrons. The van der Waals surface area contributed by atoms with E-state index in [1.54, 1.807) is 24.3 Å². The molecular formula is C19H17ClN2O2S. The van der Waals surface area contributed by atoms with Gasteiger partial charge < -0.3 is 4.57 Å². The number of hydrogen-bond acceptors (Lipinski definition) is 3. The van der Waals surface area contributed by atoms with Crippen LogP contribution >= 0.6 is 22.9 Å². The van der Waals surface area contributed by atoms with E-state index in [1.165, 1.54) is 18.3 Å². The Balaban J connectivity index is 2.06. The lowest BCUT2D eigenvalue weighted by atomic mass is 10.1. The summed E-state index contributed by atoms with van der Waals surface area (Å²) < 4.78 is 3.04. The Bertz CT molecular complexity index is 1020. The topological polar surface area (TPSA) is 51.4 Å². The number of Topliss-reactive ketones (excluding diaryl/α,β-unsaturated/α-hetero) is 1. The van der Waals surface area contributed by atoms with Gasteiger partial charge in [0.15, 0.2) is 10.6 Å². The third-order valence-corrected chi connectivity index (χ3v) is 5.10. The van der Waals surface area contributed by atoms with Crippen molar-refractivity contribution in [1.82, 2.24) is 4.57 Å². The number of ketones is 1. The van der Waals surface area contributed by atoms with Crippen molar-refractivity contribution in [1.29, 1.82) is 0 Å². The van der Waals surface area contributed by atoms with Crippen LogP contribution < -0.4 is 4.80 Å². The molecule has 0 N–H and O–H groups in total. The lowest BCUT2D eigenvalue weighted by Gasteiger charge is -2.02. The molecule has 0 saturated carbocycles. The summed E-state index contributed by atoms with van der Waals surface area (Å²) in [6.07, 6.45) is 0.934. The Morgan fingerprint density at radius 3 is 2.44 bits per heavy atom. The number of aryl methyl sites for hydroxylation is 1. The monoisotopic (exact) mass is 372 g/mol. The summed E-state index contributed by atoms with van der Waals surface area (Å²) in [5, 5.41) is 0.662. The molecule has 0 unspecified atom stereocenters. The van der Waals surface area contributed by atoms with Crippen LogP contribution in [0.15, 0.2) is 47.5 Å². The fourth-order valence-electron chi connectivity index (χ4n) is 2.57. The molecule has 0 fully saturated rings. The van der Waals surface area contributed by atoms with E-state index in [9.17, 15) is 9.59 Å². The van der Waals surface area contributed by atoms with Gasteiger partial charge in [0.05, 0.1) is 10.2 Å². The van der Waals surface area contributed by atoms with Gasteiger partial charge >= 0.3 is 0 Å². The molecule has 3 rings (SSSR count). The quantitative estimate of drug-likeness (QED) is 0.623. The van der Waals surface area contributed by atoms with Crippen molar-refractivity contribution in [2.24, 2.45) is 4.99 Å². The van der Waals surface area contributed by atoms with Crippen LogP contribution in [0.4, 0.5) is 0 Å². The summed E-state index contributed by atoms with van der Waals surface area (Å²) in [5.74, 6) is -0.351. The lowest BCUT2D eigenvalue weighted by Crippen LogP contribution is -2.16. The molecule has 25 heavy (non-hydrogen) atoms. The molecule has 0 radical (unpaired) electrons. The number of halogens is 1. The zero-order valence-corrected chi connectivity index (χ0v) is 15.5. The number of aromatic nitrogens is 1. The second kappa shape index (κ2) is 7.33. The van der Waals surface area contributed by atoms with Gasteiger partial charge in [0.25, 0.3) is 5.91 Å². The minimum absolute atomic E-state index is 0.0295. The third-order valence-electron chi connectivity index (χ3n) is 3.83. The number of thiazole rings is 1. The van der Waals surface area contributed by atoms with Gasteiger partial charge in [0, 0.05) is 22.7 Å². The fourth-order valence-corrected chi connectivity index (χ4v) is 3.90. The minimum atomic E-state index is -0.322. The number of hydrogen-bond donors (Lipinski definition) is 0. The molecule has 1 aromatic heterocycles. The first kappa shape index (κ1) is 17.6. The van der Waals surface area contributed by atoms with Crippen molar-refractivity contribution >= 4 is 44.8 Å². The lowest BCUT2D eigenvalue weighted by molar-refractivity contribution is 0.0991. The van der Waals surface area contributed by atoms with Gasteiger partial charge in [-0.1, -0.05) is 42.0 Å². The second-order valence-corrected chi connectivity index (χ2v) is 7.14. The average Bonchev–Trinajstić information content (AvgIpc) is 2.91. The molecule has 0 aliphatic rings. The Kier molecular flexibility index (Phi) is 5.16. The summed E-state index contributed by atoms with van der Waals surface area (Å²) in [7, 11) is 0. The zero-order chi connectivity index (χ0) is 18.0. The van der Waals surface area contributed by atoms with Crippen molar-refractivity contribution in [3.05, 3.63) is 63.4 Å². The number of rotatable bonds is 4. The number of carbonyl (C=O) groups excluding carboxylic acids is 2. The maximum absolute atomic E-state index is 12.5. The molecule has 6 heteroatoms. The molecule has 0 atom stereocenters. The first-order valence-corrected chi connectivity index (χ1v) is 9.18. The summed E-state index contributed by atoms with van der Waals surface area (Å²) in [4.78, 5) is 28.8. The third kappa shape index (κ3) is 3.72. The van der Waals surface area contributed by atoms with Gasteiger partial charge in [-0.25, -0.2) is 0 Å². The van der Waals surface area contributed by atoms with E-state index in [0.717, 1.165) is 23.2 Å². The van der Waals surface area contributed by atoms with Crippen LogP contribution in [0, 0.1) is 0 Å². The van der Waals surface area contributed by atoms with Crippen molar-refractivity contribution in [3.63, 3.8) is 0 Å². The molecule has 0 saturated heterocycles. The van der Waals surface area contributed by atoms with Gasteiger partial charge in [-0.3, -0.25) is 9.59 Å². The first-order chi connectivity index (χ1) is 12.0. The van der Waals surface area contributed by atoms with E-state index in [1.807, 2.05) is 22.8 Å². The normalized spacial score (nSPS) is 11.9. The molecule has 1 heterocycles. The van der Waals surface area contributed by atoms with Crippen LogP contribution in [-0.2, 0) is 6.54 Å². The fraction of sp³-hybridized carbons (Fsp3) is 0.211. The molecule has 0 aliphatic heterocycles. The van der Waals surface area contributed by atoms with Crippen LogP contribution in [0.1, 0.15) is 41.0 Å². The minimum Gasteiger partial charge on any atom is -0.316 e. The molecule has 0 spiro atoms. The summed E-state index contributed by atoms with van der Waals surface area (Å²) >= 11 is 7.52. The number of benzene rings is 2. The van der Waals surface area contributed by atoms with E-state index in [-0.39, 0.29) is 11.7 Å². The largest absolute Gasteiger partial charge is 0.316 e. The zero-order valence-electron chi connectivity index (χ0n) is 14.0. The molecular weight excluding hydrogens is 356 g/mol. The van der Waals surface area contributed by atoms with Gasteiger partial charge in [-0.2, -0.15) is 4.99 Å². The molecule has 3 aromatic rings. The Morgan fingerprint density at radius 1 is 1.12 bits per heavy atom. The smallest absolute Gasteiger partial charge is 0.279 e. The maximum atomic E-state index is 12.5. The van der Waals surface area contributed by atoms with Crippen molar-refractivity contribution < 1.29 is 9.59 Å². The van der Waals surface area contributed by atoms with Gasteiger partial charge in [-0.05, 0) is 43.7 Å². The molecule has 0 aliphatic carbocycles. The molecule has 0 bridgehead atoms. The van der Waals surface area contributed by atoms with E-state index < -0.39 is 0 Å².